The largest absolute Gasteiger partial charge is 0.447 e. The fraction of sp³-hybridized carbons (Fsp3) is 0.273. The molecule has 0 aromatic heterocycles. The number of cyclic esters (lactones) is 1. The van der Waals surface area contributed by atoms with Gasteiger partial charge in [0.1, 0.15) is 13.2 Å². The molecule has 1 fully saturated rings. The van der Waals surface area contributed by atoms with Crippen molar-refractivity contribution in [2.75, 3.05) is 13.2 Å². The average Bonchev–Trinajstić information content (AvgIpc) is 2.61. The van der Waals surface area contributed by atoms with Gasteiger partial charge in [0.05, 0.1) is 6.04 Å². The minimum Gasteiger partial charge on any atom is -0.447 e. The summed E-state index contributed by atoms with van der Waals surface area (Å²) in [6, 6.07) is 9.20. The van der Waals surface area contributed by atoms with E-state index in [9.17, 15) is 9.59 Å². The van der Waals surface area contributed by atoms with Crippen molar-refractivity contribution in [2.45, 2.75) is 6.04 Å². The Bertz CT molecular complexity index is 405. The normalized spacial score (nSPS) is 19.6. The average molecular weight is 220 g/mol. The molecular formula is C11H12N2O3. The fourth-order valence-electron chi connectivity index (χ4n) is 1.74. The summed E-state index contributed by atoms with van der Waals surface area (Å²) in [4.78, 5) is 23.6. The van der Waals surface area contributed by atoms with Gasteiger partial charge < -0.3 is 10.5 Å². The highest BCUT2D eigenvalue weighted by Gasteiger charge is 2.34. The van der Waals surface area contributed by atoms with Crippen molar-refractivity contribution < 1.29 is 14.3 Å². The lowest BCUT2D eigenvalue weighted by molar-refractivity contribution is -0.118. The van der Waals surface area contributed by atoms with E-state index in [1.807, 2.05) is 30.3 Å². The van der Waals surface area contributed by atoms with E-state index in [0.29, 0.717) is 0 Å². The number of nitrogens with zero attached hydrogens (tertiary/aromatic N) is 1. The van der Waals surface area contributed by atoms with Gasteiger partial charge in [-0.25, -0.2) is 4.79 Å². The highest BCUT2D eigenvalue weighted by Crippen LogP contribution is 2.26. The molecule has 5 nitrogen and oxygen atoms in total. The number of carbonyl (C=O) groups excluding carboxylic acids is 2. The summed E-state index contributed by atoms with van der Waals surface area (Å²) in [5.41, 5.74) is 6.03. The van der Waals surface area contributed by atoms with Crippen molar-refractivity contribution in [3.05, 3.63) is 35.9 Å². The van der Waals surface area contributed by atoms with E-state index in [1.54, 1.807) is 0 Å². The lowest BCUT2D eigenvalue weighted by atomic mass is 10.1. The third kappa shape index (κ3) is 1.98. The summed E-state index contributed by atoms with van der Waals surface area (Å²) in [6.07, 6.45) is -0.493. The van der Waals surface area contributed by atoms with E-state index in [2.05, 4.69) is 0 Å². The molecule has 5 heteroatoms. The molecular weight excluding hydrogens is 208 g/mol. The van der Waals surface area contributed by atoms with E-state index in [4.69, 9.17) is 10.5 Å². The van der Waals surface area contributed by atoms with Crippen LogP contribution < -0.4 is 5.73 Å². The third-order valence-electron chi connectivity index (χ3n) is 2.49. The number of amides is 2. The summed E-state index contributed by atoms with van der Waals surface area (Å²) >= 11 is 0. The summed E-state index contributed by atoms with van der Waals surface area (Å²) in [6.45, 7) is 0.147. The third-order valence-corrected chi connectivity index (χ3v) is 2.49. The number of benzene rings is 1. The van der Waals surface area contributed by atoms with Gasteiger partial charge in [0.15, 0.2) is 0 Å². The van der Waals surface area contributed by atoms with Crippen molar-refractivity contribution in [3.8, 4) is 0 Å². The number of nitrogens with two attached hydrogens (primary N) is 1. The second kappa shape index (κ2) is 4.22. The lowest BCUT2D eigenvalue weighted by Gasteiger charge is -2.19. The molecule has 1 aliphatic rings. The molecule has 2 N–H and O–H groups in total. The molecule has 84 valence electrons. The first-order chi connectivity index (χ1) is 7.68. The number of primary amides is 1. The van der Waals surface area contributed by atoms with Crippen LogP contribution in [0.2, 0.25) is 0 Å². The topological polar surface area (TPSA) is 72.6 Å². The maximum atomic E-state index is 11.4. The minimum absolute atomic E-state index is 0.113. The van der Waals surface area contributed by atoms with Crippen molar-refractivity contribution in [1.29, 1.82) is 0 Å². The van der Waals surface area contributed by atoms with Gasteiger partial charge in [-0.3, -0.25) is 9.69 Å². The van der Waals surface area contributed by atoms with Crippen molar-refractivity contribution in [1.82, 2.24) is 4.90 Å². The van der Waals surface area contributed by atoms with Gasteiger partial charge >= 0.3 is 6.09 Å². The van der Waals surface area contributed by atoms with Crippen LogP contribution in [0.5, 0.6) is 0 Å². The SMILES string of the molecule is NC(=O)CN1C(=O)OC[C@H]1c1ccccc1. The molecule has 0 radical (unpaired) electrons. The van der Waals surface area contributed by atoms with Crippen molar-refractivity contribution in [3.63, 3.8) is 0 Å². The number of hydrogen-bond acceptors (Lipinski definition) is 3. The molecule has 1 aliphatic heterocycles. The maximum absolute atomic E-state index is 11.4. The minimum atomic E-state index is -0.542. The van der Waals surface area contributed by atoms with E-state index in [1.165, 1.54) is 4.90 Å². The van der Waals surface area contributed by atoms with Gasteiger partial charge in [-0.15, -0.1) is 0 Å². The predicted octanol–water partition coefficient (Wildman–Crippen LogP) is 0.665. The van der Waals surface area contributed by atoms with Gasteiger partial charge in [-0.2, -0.15) is 0 Å². The molecule has 1 atom stereocenters. The van der Waals surface area contributed by atoms with E-state index < -0.39 is 12.0 Å². The van der Waals surface area contributed by atoms with Crippen LogP contribution in [0.3, 0.4) is 0 Å². The molecule has 1 aromatic rings. The summed E-state index contributed by atoms with van der Waals surface area (Å²) < 4.78 is 4.91. The predicted molar refractivity (Wildman–Crippen MR) is 56.4 cm³/mol. The Labute approximate surface area is 92.8 Å². The first-order valence-corrected chi connectivity index (χ1v) is 4.95. The first-order valence-electron chi connectivity index (χ1n) is 4.95. The summed E-state index contributed by atoms with van der Waals surface area (Å²) in [5, 5.41) is 0. The Morgan fingerprint density at radius 3 is 2.75 bits per heavy atom. The zero-order valence-electron chi connectivity index (χ0n) is 8.63. The van der Waals surface area contributed by atoms with Crippen LogP contribution >= 0.6 is 0 Å². The molecule has 2 amide bonds. The van der Waals surface area contributed by atoms with Crippen LogP contribution in [-0.4, -0.2) is 30.1 Å². The number of carbonyl (C=O) groups is 2. The van der Waals surface area contributed by atoms with Crippen LogP contribution in [0.4, 0.5) is 4.79 Å². The highest BCUT2D eigenvalue weighted by atomic mass is 16.6. The Kier molecular flexibility index (Phi) is 2.76. The lowest BCUT2D eigenvalue weighted by Crippen LogP contribution is -2.36. The quantitative estimate of drug-likeness (QED) is 0.813. The second-order valence-electron chi connectivity index (χ2n) is 3.60. The molecule has 0 spiro atoms. The highest BCUT2D eigenvalue weighted by molar-refractivity contribution is 5.81. The van der Waals surface area contributed by atoms with Gasteiger partial charge in [0.2, 0.25) is 5.91 Å². The van der Waals surface area contributed by atoms with Crippen LogP contribution in [0.25, 0.3) is 0 Å². The zero-order chi connectivity index (χ0) is 11.5. The summed E-state index contributed by atoms with van der Waals surface area (Å²) in [7, 11) is 0. The number of hydrogen-bond donors (Lipinski definition) is 1. The Balaban J connectivity index is 2.21. The van der Waals surface area contributed by atoms with Gasteiger partial charge in [-0.1, -0.05) is 30.3 Å². The van der Waals surface area contributed by atoms with Crippen LogP contribution in [0.15, 0.2) is 30.3 Å². The van der Waals surface area contributed by atoms with E-state index in [-0.39, 0.29) is 19.2 Å². The Morgan fingerprint density at radius 1 is 1.44 bits per heavy atom. The smallest absolute Gasteiger partial charge is 0.410 e. The molecule has 2 rings (SSSR count). The molecule has 1 heterocycles. The Hall–Kier alpha value is -2.04. The van der Waals surface area contributed by atoms with Crippen LogP contribution in [0.1, 0.15) is 11.6 Å². The molecule has 0 unspecified atom stereocenters. The maximum Gasteiger partial charge on any atom is 0.410 e. The fourth-order valence-corrected chi connectivity index (χ4v) is 1.74. The van der Waals surface area contributed by atoms with E-state index >= 15 is 0 Å². The van der Waals surface area contributed by atoms with Gasteiger partial charge in [-0.05, 0) is 5.56 Å². The second-order valence-corrected chi connectivity index (χ2v) is 3.60. The van der Waals surface area contributed by atoms with Gasteiger partial charge in [0.25, 0.3) is 0 Å². The molecule has 0 saturated carbocycles. The molecule has 1 saturated heterocycles. The van der Waals surface area contributed by atoms with Crippen molar-refractivity contribution >= 4 is 12.0 Å². The number of rotatable bonds is 3. The molecule has 16 heavy (non-hydrogen) atoms. The standard InChI is InChI=1S/C11H12N2O3/c12-10(14)6-13-9(7-16-11(13)15)8-4-2-1-3-5-8/h1-5,9H,6-7H2,(H2,12,14)/t9-/m0/s1. The molecule has 0 aliphatic carbocycles. The Morgan fingerprint density at radius 2 is 2.12 bits per heavy atom. The molecule has 1 aromatic carbocycles. The van der Waals surface area contributed by atoms with E-state index in [0.717, 1.165) is 5.56 Å². The van der Waals surface area contributed by atoms with Crippen LogP contribution in [0, 0.1) is 0 Å². The van der Waals surface area contributed by atoms with Gasteiger partial charge in [0, 0.05) is 0 Å². The first kappa shape index (κ1) is 10.5. The zero-order valence-corrected chi connectivity index (χ0v) is 8.63. The monoisotopic (exact) mass is 220 g/mol. The summed E-state index contributed by atoms with van der Waals surface area (Å²) in [5.74, 6) is -0.542. The molecule has 0 bridgehead atoms. The van der Waals surface area contributed by atoms with Crippen molar-refractivity contribution in [2.24, 2.45) is 5.73 Å². The number of ether oxygens (including phenoxy) is 1. The van der Waals surface area contributed by atoms with Crippen LogP contribution in [-0.2, 0) is 9.53 Å².